The monoisotopic (exact) mass is 339 g/mol. The fourth-order valence-corrected chi connectivity index (χ4v) is 2.72. The van der Waals surface area contributed by atoms with Crippen molar-refractivity contribution >= 4 is 15.9 Å². The Labute approximate surface area is 126 Å². The van der Waals surface area contributed by atoms with Crippen LogP contribution in [0, 0.1) is 18.6 Å². The average molecular weight is 340 g/mol. The summed E-state index contributed by atoms with van der Waals surface area (Å²) in [5, 5.41) is 3.30. The van der Waals surface area contributed by atoms with Crippen LogP contribution < -0.4 is 5.32 Å². The highest BCUT2D eigenvalue weighted by Crippen LogP contribution is 2.30. The van der Waals surface area contributed by atoms with Crippen molar-refractivity contribution in [3.8, 4) is 0 Å². The van der Waals surface area contributed by atoms with E-state index in [0.717, 1.165) is 17.7 Å². The van der Waals surface area contributed by atoms with Gasteiger partial charge in [0.25, 0.3) is 0 Å². The van der Waals surface area contributed by atoms with Crippen LogP contribution in [0.2, 0.25) is 0 Å². The smallest absolute Gasteiger partial charge is 0.126 e. The molecule has 0 saturated heterocycles. The molecule has 0 spiro atoms. The van der Waals surface area contributed by atoms with Crippen LogP contribution in [0.1, 0.15) is 29.7 Å². The van der Waals surface area contributed by atoms with Crippen molar-refractivity contribution in [1.82, 2.24) is 5.32 Å². The van der Waals surface area contributed by atoms with Crippen LogP contribution in [0.4, 0.5) is 8.78 Å². The average Bonchev–Trinajstić information content (AvgIpc) is 2.40. The largest absolute Gasteiger partial charge is 0.306 e. The van der Waals surface area contributed by atoms with Crippen LogP contribution in [0.5, 0.6) is 0 Å². The van der Waals surface area contributed by atoms with Gasteiger partial charge in [-0.15, -0.1) is 0 Å². The van der Waals surface area contributed by atoms with Crippen LogP contribution in [0.15, 0.2) is 40.9 Å². The molecule has 1 N–H and O–H groups in total. The van der Waals surface area contributed by atoms with Gasteiger partial charge in [0.1, 0.15) is 11.6 Å². The highest BCUT2D eigenvalue weighted by molar-refractivity contribution is 9.10. The predicted molar refractivity (Wildman–Crippen MR) is 80.8 cm³/mol. The van der Waals surface area contributed by atoms with Crippen LogP contribution in [0.25, 0.3) is 0 Å². The maximum Gasteiger partial charge on any atom is 0.126 e. The first-order chi connectivity index (χ1) is 9.52. The summed E-state index contributed by atoms with van der Waals surface area (Å²) in [7, 11) is 0. The molecule has 4 heteroatoms. The van der Waals surface area contributed by atoms with E-state index < -0.39 is 0 Å². The Morgan fingerprint density at radius 3 is 2.50 bits per heavy atom. The highest BCUT2D eigenvalue weighted by Gasteiger charge is 2.17. The van der Waals surface area contributed by atoms with Gasteiger partial charge in [0.2, 0.25) is 0 Å². The minimum atomic E-state index is -0.300. The Kier molecular flexibility index (Phi) is 4.89. The van der Waals surface area contributed by atoms with E-state index in [0.29, 0.717) is 10.0 Å². The van der Waals surface area contributed by atoms with E-state index in [1.165, 1.54) is 18.2 Å². The lowest BCUT2D eigenvalue weighted by atomic mass is 9.97. The molecule has 0 radical (unpaired) electrons. The summed E-state index contributed by atoms with van der Waals surface area (Å²) in [6.07, 6.45) is 0. The summed E-state index contributed by atoms with van der Waals surface area (Å²) in [4.78, 5) is 0. The number of hydrogen-bond acceptors (Lipinski definition) is 1. The van der Waals surface area contributed by atoms with E-state index in [1.807, 2.05) is 13.0 Å². The Morgan fingerprint density at radius 1 is 1.15 bits per heavy atom. The van der Waals surface area contributed by atoms with Crippen molar-refractivity contribution < 1.29 is 8.78 Å². The zero-order chi connectivity index (χ0) is 14.7. The van der Waals surface area contributed by atoms with Gasteiger partial charge in [-0.3, -0.25) is 0 Å². The van der Waals surface area contributed by atoms with Crippen LogP contribution in [-0.4, -0.2) is 6.54 Å². The van der Waals surface area contributed by atoms with E-state index in [-0.39, 0.29) is 17.7 Å². The first kappa shape index (κ1) is 15.1. The van der Waals surface area contributed by atoms with Gasteiger partial charge < -0.3 is 5.32 Å². The molecule has 0 amide bonds. The van der Waals surface area contributed by atoms with Crippen molar-refractivity contribution in [2.75, 3.05) is 6.54 Å². The second-order valence-corrected chi connectivity index (χ2v) is 5.52. The lowest BCUT2D eigenvalue weighted by molar-refractivity contribution is 0.593. The van der Waals surface area contributed by atoms with Gasteiger partial charge in [-0.2, -0.15) is 0 Å². The standard InChI is InChI=1S/C16H16BrF2N/c1-3-20-16(11-5-4-10(2)15(19)8-11)13-7-6-12(18)9-14(13)17/h4-9,16,20H,3H2,1-2H3. The molecule has 2 aromatic rings. The third-order valence-corrected chi connectivity index (χ3v) is 3.90. The van der Waals surface area contributed by atoms with Crippen molar-refractivity contribution in [1.29, 1.82) is 0 Å². The molecule has 20 heavy (non-hydrogen) atoms. The van der Waals surface area contributed by atoms with Gasteiger partial charge >= 0.3 is 0 Å². The zero-order valence-electron chi connectivity index (χ0n) is 11.4. The van der Waals surface area contributed by atoms with Crippen LogP contribution in [0.3, 0.4) is 0 Å². The van der Waals surface area contributed by atoms with Gasteiger partial charge in [-0.1, -0.05) is 41.1 Å². The Hall–Kier alpha value is -1.26. The second-order valence-electron chi connectivity index (χ2n) is 4.67. The zero-order valence-corrected chi connectivity index (χ0v) is 13.0. The minimum absolute atomic E-state index is 0.176. The van der Waals surface area contributed by atoms with Crippen LogP contribution in [-0.2, 0) is 0 Å². The molecule has 0 aromatic heterocycles. The van der Waals surface area contributed by atoms with E-state index >= 15 is 0 Å². The molecular weight excluding hydrogens is 324 g/mol. The molecule has 1 atom stereocenters. The molecule has 1 nitrogen and oxygen atoms in total. The number of aryl methyl sites for hydroxylation is 1. The molecule has 0 aliphatic carbocycles. The van der Waals surface area contributed by atoms with Crippen LogP contribution >= 0.6 is 15.9 Å². The molecule has 2 rings (SSSR count). The third-order valence-electron chi connectivity index (χ3n) is 3.21. The summed E-state index contributed by atoms with van der Waals surface area (Å²) in [6.45, 7) is 4.44. The summed E-state index contributed by atoms with van der Waals surface area (Å²) in [6, 6.07) is 9.54. The van der Waals surface area contributed by atoms with Gasteiger partial charge in [0, 0.05) is 4.47 Å². The molecule has 0 saturated carbocycles. The molecule has 0 aliphatic heterocycles. The van der Waals surface area contributed by atoms with E-state index in [4.69, 9.17) is 0 Å². The number of hydrogen-bond donors (Lipinski definition) is 1. The highest BCUT2D eigenvalue weighted by atomic mass is 79.9. The second kappa shape index (κ2) is 6.46. The maximum atomic E-state index is 13.8. The fourth-order valence-electron chi connectivity index (χ4n) is 2.14. The number of benzene rings is 2. The summed E-state index contributed by atoms with van der Waals surface area (Å²) in [5.74, 6) is -0.533. The topological polar surface area (TPSA) is 12.0 Å². The fraction of sp³-hybridized carbons (Fsp3) is 0.250. The molecule has 0 heterocycles. The number of rotatable bonds is 4. The molecular formula is C16H16BrF2N. The normalized spacial score (nSPS) is 12.4. The third kappa shape index (κ3) is 3.25. The Bertz CT molecular complexity index is 613. The SMILES string of the molecule is CCNC(c1ccc(C)c(F)c1)c1ccc(F)cc1Br. The Morgan fingerprint density at radius 2 is 1.90 bits per heavy atom. The maximum absolute atomic E-state index is 13.8. The molecule has 0 aliphatic rings. The lowest BCUT2D eigenvalue weighted by Crippen LogP contribution is -2.22. The number of halogens is 3. The van der Waals surface area contributed by atoms with Gasteiger partial charge in [0.15, 0.2) is 0 Å². The van der Waals surface area contributed by atoms with E-state index in [2.05, 4.69) is 21.2 Å². The van der Waals surface area contributed by atoms with Crippen molar-refractivity contribution in [2.24, 2.45) is 0 Å². The molecule has 2 aromatic carbocycles. The summed E-state index contributed by atoms with van der Waals surface area (Å²) < 4.78 is 27.6. The van der Waals surface area contributed by atoms with Crippen molar-refractivity contribution in [3.05, 3.63) is 69.2 Å². The predicted octanol–water partition coefficient (Wildman–Crippen LogP) is 4.73. The molecule has 0 bridgehead atoms. The lowest BCUT2D eigenvalue weighted by Gasteiger charge is -2.20. The first-order valence-corrected chi connectivity index (χ1v) is 7.26. The van der Waals surface area contributed by atoms with Crippen molar-refractivity contribution in [2.45, 2.75) is 19.9 Å². The Balaban J connectivity index is 2.47. The molecule has 0 fully saturated rings. The van der Waals surface area contributed by atoms with Gasteiger partial charge in [-0.25, -0.2) is 8.78 Å². The summed E-state index contributed by atoms with van der Waals surface area (Å²) >= 11 is 3.37. The summed E-state index contributed by atoms with van der Waals surface area (Å²) in [5.41, 5.74) is 2.32. The number of nitrogens with one attached hydrogen (secondary N) is 1. The molecule has 1 unspecified atom stereocenters. The minimum Gasteiger partial charge on any atom is -0.306 e. The molecule has 106 valence electrons. The van der Waals surface area contributed by atoms with Gasteiger partial charge in [0.05, 0.1) is 6.04 Å². The quantitative estimate of drug-likeness (QED) is 0.848. The first-order valence-electron chi connectivity index (χ1n) is 6.47. The van der Waals surface area contributed by atoms with E-state index in [9.17, 15) is 8.78 Å². The van der Waals surface area contributed by atoms with Gasteiger partial charge in [-0.05, 0) is 48.4 Å². The van der Waals surface area contributed by atoms with E-state index in [1.54, 1.807) is 19.1 Å². The van der Waals surface area contributed by atoms with Crippen molar-refractivity contribution in [3.63, 3.8) is 0 Å².